The molecule has 0 saturated heterocycles. The van der Waals surface area contributed by atoms with Crippen LogP contribution < -0.4 is 0 Å². The average Bonchev–Trinajstić information content (AvgIpc) is 3.42. The number of unbranched alkanes of at least 4 members (excludes halogenated alkanes) is 52. The van der Waals surface area contributed by atoms with Crippen LogP contribution in [0, 0.1) is 0 Å². The molecule has 0 aromatic rings. The van der Waals surface area contributed by atoms with Crippen molar-refractivity contribution in [3.63, 3.8) is 0 Å². The summed E-state index contributed by atoms with van der Waals surface area (Å²) < 4.78 is 16.9. The van der Waals surface area contributed by atoms with Crippen LogP contribution in [0.4, 0.5) is 0 Å². The SMILES string of the molecule is CCCCCCCC/C=C\CCCCCCCCCC(=O)OC(COC(=O)CCCCCCCCCCCCC)COC(=O)CCCCCCCCCCCCCCCCCCCCCCCCCCCCCCCC. The molecule has 0 aromatic carbocycles. The van der Waals surface area contributed by atoms with E-state index in [9.17, 15) is 14.4 Å². The molecule has 0 aliphatic rings. The molecule has 0 heterocycles. The van der Waals surface area contributed by atoms with Crippen molar-refractivity contribution in [1.82, 2.24) is 0 Å². The molecule has 6 heteroatoms. The molecule has 76 heavy (non-hydrogen) atoms. The van der Waals surface area contributed by atoms with Gasteiger partial charge in [0.05, 0.1) is 0 Å². The zero-order valence-electron chi connectivity index (χ0n) is 51.8. The lowest BCUT2D eigenvalue weighted by Crippen LogP contribution is -2.30. The van der Waals surface area contributed by atoms with Gasteiger partial charge >= 0.3 is 17.9 Å². The Balaban J connectivity index is 4.08. The number of ether oxygens (including phenoxy) is 3. The maximum Gasteiger partial charge on any atom is 0.306 e. The molecular weight excluding hydrogens is 937 g/mol. The second kappa shape index (κ2) is 65.7. The lowest BCUT2D eigenvalue weighted by atomic mass is 10.0. The highest BCUT2D eigenvalue weighted by atomic mass is 16.6. The summed E-state index contributed by atoms with van der Waals surface area (Å²) in [7, 11) is 0. The normalized spacial score (nSPS) is 12.0. The minimum Gasteiger partial charge on any atom is -0.462 e. The fourth-order valence-corrected chi connectivity index (χ4v) is 10.8. The molecule has 0 amide bonds. The van der Waals surface area contributed by atoms with E-state index in [1.54, 1.807) is 0 Å². The number of carbonyl (C=O) groups is 3. The number of hydrogen-bond acceptors (Lipinski definition) is 6. The van der Waals surface area contributed by atoms with Crippen molar-refractivity contribution in [2.24, 2.45) is 0 Å². The van der Waals surface area contributed by atoms with Crippen molar-refractivity contribution in [3.8, 4) is 0 Å². The molecule has 0 aliphatic heterocycles. The Morgan fingerprint density at radius 2 is 0.434 bits per heavy atom. The highest BCUT2D eigenvalue weighted by Crippen LogP contribution is 2.19. The summed E-state index contributed by atoms with van der Waals surface area (Å²) in [6.07, 6.45) is 78.3. The van der Waals surface area contributed by atoms with Crippen LogP contribution in [-0.4, -0.2) is 37.2 Å². The van der Waals surface area contributed by atoms with E-state index >= 15 is 0 Å². The summed E-state index contributed by atoms with van der Waals surface area (Å²) in [5, 5.41) is 0. The molecule has 0 fully saturated rings. The minimum atomic E-state index is -0.768. The number of carbonyl (C=O) groups excluding carboxylic acids is 3. The average molecular weight is 1070 g/mol. The van der Waals surface area contributed by atoms with Gasteiger partial charge in [-0.25, -0.2) is 0 Å². The predicted octanol–water partition coefficient (Wildman–Crippen LogP) is 23.6. The van der Waals surface area contributed by atoms with Gasteiger partial charge in [-0.1, -0.05) is 348 Å². The van der Waals surface area contributed by atoms with Crippen molar-refractivity contribution in [1.29, 1.82) is 0 Å². The van der Waals surface area contributed by atoms with Crippen LogP contribution in [0.15, 0.2) is 12.2 Å². The molecule has 450 valence electrons. The van der Waals surface area contributed by atoms with E-state index in [1.165, 1.54) is 302 Å². The fourth-order valence-electron chi connectivity index (χ4n) is 10.8. The second-order valence-corrected chi connectivity index (χ2v) is 23.8. The van der Waals surface area contributed by atoms with Crippen LogP contribution in [0.5, 0.6) is 0 Å². The third-order valence-corrected chi connectivity index (χ3v) is 16.0. The molecule has 0 N–H and O–H groups in total. The van der Waals surface area contributed by atoms with E-state index in [0.29, 0.717) is 19.3 Å². The summed E-state index contributed by atoms with van der Waals surface area (Å²) in [5.74, 6) is -0.840. The first-order chi connectivity index (χ1) is 37.5. The Kier molecular flexibility index (Phi) is 64.1. The topological polar surface area (TPSA) is 78.9 Å². The Morgan fingerprint density at radius 3 is 0.658 bits per heavy atom. The van der Waals surface area contributed by atoms with Gasteiger partial charge in [-0.3, -0.25) is 14.4 Å². The lowest BCUT2D eigenvalue weighted by molar-refractivity contribution is -0.167. The van der Waals surface area contributed by atoms with Gasteiger partial charge in [-0.2, -0.15) is 0 Å². The highest BCUT2D eigenvalue weighted by molar-refractivity contribution is 5.71. The maximum atomic E-state index is 12.9. The second-order valence-electron chi connectivity index (χ2n) is 23.8. The molecule has 0 radical (unpaired) electrons. The van der Waals surface area contributed by atoms with Gasteiger partial charge < -0.3 is 14.2 Å². The van der Waals surface area contributed by atoms with Gasteiger partial charge in [0.15, 0.2) is 6.10 Å². The quantitative estimate of drug-likeness (QED) is 0.0261. The van der Waals surface area contributed by atoms with E-state index in [1.807, 2.05) is 0 Å². The summed E-state index contributed by atoms with van der Waals surface area (Å²) in [6.45, 7) is 6.70. The Bertz CT molecular complexity index is 1180. The van der Waals surface area contributed by atoms with Crippen molar-refractivity contribution < 1.29 is 28.6 Å². The van der Waals surface area contributed by atoms with Crippen LogP contribution in [0.3, 0.4) is 0 Å². The molecule has 0 bridgehead atoms. The number of hydrogen-bond donors (Lipinski definition) is 0. The van der Waals surface area contributed by atoms with Gasteiger partial charge in [0.25, 0.3) is 0 Å². The van der Waals surface area contributed by atoms with E-state index < -0.39 is 6.10 Å². The summed E-state index contributed by atoms with van der Waals surface area (Å²) in [4.78, 5) is 38.3. The van der Waals surface area contributed by atoms with Crippen molar-refractivity contribution >= 4 is 17.9 Å². The fraction of sp³-hybridized carbons (Fsp3) is 0.929. The van der Waals surface area contributed by atoms with Crippen LogP contribution in [0.2, 0.25) is 0 Å². The highest BCUT2D eigenvalue weighted by Gasteiger charge is 2.19. The first-order valence-corrected chi connectivity index (χ1v) is 34.7. The lowest BCUT2D eigenvalue weighted by Gasteiger charge is -2.18. The summed E-state index contributed by atoms with van der Waals surface area (Å²) in [5.41, 5.74) is 0. The van der Waals surface area contributed by atoms with Crippen molar-refractivity contribution in [3.05, 3.63) is 12.2 Å². The van der Waals surface area contributed by atoms with Gasteiger partial charge in [0.1, 0.15) is 13.2 Å². The van der Waals surface area contributed by atoms with E-state index in [2.05, 4.69) is 32.9 Å². The maximum absolute atomic E-state index is 12.9. The van der Waals surface area contributed by atoms with Crippen LogP contribution in [-0.2, 0) is 28.6 Å². The van der Waals surface area contributed by atoms with Gasteiger partial charge in [0, 0.05) is 19.3 Å². The molecule has 0 aromatic heterocycles. The van der Waals surface area contributed by atoms with Gasteiger partial charge in [-0.05, 0) is 44.9 Å². The third kappa shape index (κ3) is 63.0. The first kappa shape index (κ1) is 74.2. The van der Waals surface area contributed by atoms with Crippen molar-refractivity contribution in [2.45, 2.75) is 406 Å². The molecule has 0 aliphatic carbocycles. The van der Waals surface area contributed by atoms with Gasteiger partial charge in [0.2, 0.25) is 0 Å². The smallest absolute Gasteiger partial charge is 0.306 e. The first-order valence-electron chi connectivity index (χ1n) is 34.7. The van der Waals surface area contributed by atoms with Crippen LogP contribution in [0.1, 0.15) is 400 Å². The monoisotopic (exact) mass is 1070 g/mol. The summed E-state index contributed by atoms with van der Waals surface area (Å²) in [6, 6.07) is 0. The number of allylic oxidation sites excluding steroid dienone is 2. The number of rotatable bonds is 65. The third-order valence-electron chi connectivity index (χ3n) is 16.0. The van der Waals surface area contributed by atoms with Crippen molar-refractivity contribution in [2.75, 3.05) is 13.2 Å². The molecule has 0 rings (SSSR count). The Morgan fingerprint density at radius 1 is 0.250 bits per heavy atom. The number of esters is 3. The molecule has 6 nitrogen and oxygen atoms in total. The molecule has 1 atom stereocenters. The van der Waals surface area contributed by atoms with Gasteiger partial charge in [-0.15, -0.1) is 0 Å². The van der Waals surface area contributed by atoms with E-state index in [4.69, 9.17) is 14.2 Å². The largest absolute Gasteiger partial charge is 0.462 e. The Labute approximate surface area is 475 Å². The minimum absolute atomic E-state index is 0.0654. The predicted molar refractivity (Wildman–Crippen MR) is 330 cm³/mol. The van der Waals surface area contributed by atoms with E-state index in [0.717, 1.165) is 57.8 Å². The molecule has 1 unspecified atom stereocenters. The Hall–Kier alpha value is -1.85. The van der Waals surface area contributed by atoms with Crippen LogP contribution in [0.25, 0.3) is 0 Å². The zero-order chi connectivity index (χ0) is 55.0. The molecular formula is C70H134O6. The zero-order valence-corrected chi connectivity index (χ0v) is 51.8. The summed E-state index contributed by atoms with van der Waals surface area (Å²) >= 11 is 0. The molecule has 0 spiro atoms. The standard InChI is InChI=1S/C70H134O6/c1-4-7-10-13-16-19-22-24-26-28-29-30-31-32-33-34-35-36-37-38-39-40-42-43-45-48-51-54-57-60-63-69(72)75-66-67(65-74-68(71)62-59-56-53-50-47-21-18-15-12-9-6-3)76-70(73)64-61-58-55-52-49-46-44-41-27-25-23-20-17-14-11-8-5-2/h25,27,67H,4-24,26,28-66H2,1-3H3/b27-25-. The molecule has 0 saturated carbocycles. The van der Waals surface area contributed by atoms with Crippen LogP contribution >= 0.6 is 0 Å². The van der Waals surface area contributed by atoms with E-state index in [-0.39, 0.29) is 31.1 Å².